The van der Waals surface area contributed by atoms with Crippen LogP contribution in [0.4, 0.5) is 0 Å². The summed E-state index contributed by atoms with van der Waals surface area (Å²) in [5.41, 5.74) is 2.31. The van der Waals surface area contributed by atoms with Crippen LogP contribution in [0.25, 0.3) is 0 Å². The quantitative estimate of drug-likeness (QED) is 0.928. The zero-order valence-corrected chi connectivity index (χ0v) is 14.0. The molecule has 1 aliphatic heterocycles. The number of amides is 2. The molecule has 1 heterocycles. The Morgan fingerprint density at radius 1 is 1.13 bits per heavy atom. The second-order valence-corrected chi connectivity index (χ2v) is 7.16. The molecule has 2 fully saturated rings. The van der Waals surface area contributed by atoms with Crippen molar-refractivity contribution in [3.8, 4) is 0 Å². The molecule has 2 aliphatic rings. The van der Waals surface area contributed by atoms with E-state index >= 15 is 0 Å². The summed E-state index contributed by atoms with van der Waals surface area (Å²) in [5, 5.41) is 2.97. The van der Waals surface area contributed by atoms with Crippen molar-refractivity contribution in [3.63, 3.8) is 0 Å². The number of nitrogens with zero attached hydrogens (tertiary/aromatic N) is 1. The molecule has 2 unspecified atom stereocenters. The maximum Gasteiger partial charge on any atom is 0.226 e. The van der Waals surface area contributed by atoms with E-state index in [1.165, 1.54) is 5.56 Å². The molecule has 0 aromatic heterocycles. The molecule has 1 aromatic rings. The predicted octanol–water partition coefficient (Wildman–Crippen LogP) is 2.51. The Morgan fingerprint density at radius 2 is 1.78 bits per heavy atom. The minimum absolute atomic E-state index is 0.0225. The standard InChI is InChI=1S/C19H26N2O2/c1-13-3-5-15(6-4-13)12-20-18(22)16-11-17(16)19(23)21-9-7-14(2)8-10-21/h3-6,14,16-17H,7-12H2,1-2H3,(H,20,22). The van der Waals surface area contributed by atoms with E-state index in [9.17, 15) is 9.59 Å². The molecule has 0 radical (unpaired) electrons. The topological polar surface area (TPSA) is 49.4 Å². The Hall–Kier alpha value is -1.84. The van der Waals surface area contributed by atoms with Crippen LogP contribution in [0.3, 0.4) is 0 Å². The summed E-state index contributed by atoms with van der Waals surface area (Å²) in [6, 6.07) is 8.14. The van der Waals surface area contributed by atoms with Gasteiger partial charge in [0.1, 0.15) is 0 Å². The highest BCUT2D eigenvalue weighted by Crippen LogP contribution is 2.40. The van der Waals surface area contributed by atoms with Gasteiger partial charge in [0, 0.05) is 19.6 Å². The van der Waals surface area contributed by atoms with Crippen molar-refractivity contribution in [3.05, 3.63) is 35.4 Å². The van der Waals surface area contributed by atoms with Crippen LogP contribution >= 0.6 is 0 Å². The maximum absolute atomic E-state index is 12.4. The van der Waals surface area contributed by atoms with Crippen molar-refractivity contribution in [1.82, 2.24) is 10.2 Å². The van der Waals surface area contributed by atoms with Crippen LogP contribution in [0.1, 0.15) is 37.3 Å². The van der Waals surface area contributed by atoms with Crippen LogP contribution in [0.15, 0.2) is 24.3 Å². The van der Waals surface area contributed by atoms with E-state index in [0.717, 1.165) is 31.5 Å². The van der Waals surface area contributed by atoms with Crippen molar-refractivity contribution in [1.29, 1.82) is 0 Å². The third kappa shape index (κ3) is 3.92. The number of aryl methyl sites for hydroxylation is 1. The van der Waals surface area contributed by atoms with Crippen molar-refractivity contribution in [2.45, 2.75) is 39.7 Å². The number of likely N-dealkylation sites (tertiary alicyclic amines) is 1. The number of hydrogen-bond donors (Lipinski definition) is 1. The monoisotopic (exact) mass is 314 g/mol. The average molecular weight is 314 g/mol. The molecule has 2 amide bonds. The molecular formula is C19H26N2O2. The van der Waals surface area contributed by atoms with Gasteiger partial charge in [-0.3, -0.25) is 9.59 Å². The highest BCUT2D eigenvalue weighted by Gasteiger charge is 2.49. The highest BCUT2D eigenvalue weighted by molar-refractivity contribution is 5.92. The molecule has 4 nitrogen and oxygen atoms in total. The second kappa shape index (κ2) is 6.73. The van der Waals surface area contributed by atoms with E-state index in [1.807, 2.05) is 36.1 Å². The molecule has 4 heteroatoms. The Morgan fingerprint density at radius 3 is 2.43 bits per heavy atom. The second-order valence-electron chi connectivity index (χ2n) is 7.16. The van der Waals surface area contributed by atoms with Crippen LogP contribution in [0.2, 0.25) is 0 Å². The van der Waals surface area contributed by atoms with E-state index in [2.05, 4.69) is 12.2 Å². The molecular weight excluding hydrogens is 288 g/mol. The van der Waals surface area contributed by atoms with Gasteiger partial charge in [0.15, 0.2) is 0 Å². The minimum atomic E-state index is -0.118. The molecule has 3 rings (SSSR count). The largest absolute Gasteiger partial charge is 0.352 e. The Bertz CT molecular complexity index is 574. The number of carbonyl (C=O) groups is 2. The third-order valence-electron chi connectivity index (χ3n) is 5.13. The molecule has 1 saturated heterocycles. The number of rotatable bonds is 4. The molecule has 1 N–H and O–H groups in total. The van der Waals surface area contributed by atoms with Gasteiger partial charge in [0.05, 0.1) is 11.8 Å². The van der Waals surface area contributed by atoms with Crippen LogP contribution in [-0.4, -0.2) is 29.8 Å². The lowest BCUT2D eigenvalue weighted by Crippen LogP contribution is -2.39. The fourth-order valence-electron chi connectivity index (χ4n) is 3.25. The molecule has 124 valence electrons. The number of carbonyl (C=O) groups excluding carboxylic acids is 2. The fourth-order valence-corrected chi connectivity index (χ4v) is 3.25. The summed E-state index contributed by atoms with van der Waals surface area (Å²) in [6.45, 7) is 6.53. The zero-order valence-electron chi connectivity index (χ0n) is 14.0. The lowest BCUT2D eigenvalue weighted by molar-refractivity contribution is -0.135. The van der Waals surface area contributed by atoms with Crippen molar-refractivity contribution < 1.29 is 9.59 Å². The van der Waals surface area contributed by atoms with Gasteiger partial charge in [-0.1, -0.05) is 36.8 Å². The van der Waals surface area contributed by atoms with Crippen molar-refractivity contribution in [2.24, 2.45) is 17.8 Å². The first-order valence-corrected chi connectivity index (χ1v) is 8.66. The van der Waals surface area contributed by atoms with Gasteiger partial charge >= 0.3 is 0 Å². The zero-order chi connectivity index (χ0) is 16.4. The lowest BCUT2D eigenvalue weighted by atomic mass is 9.99. The van der Waals surface area contributed by atoms with Gasteiger partial charge in [-0.2, -0.15) is 0 Å². The normalized spacial score (nSPS) is 24.3. The van der Waals surface area contributed by atoms with Gasteiger partial charge in [-0.25, -0.2) is 0 Å². The Labute approximate surface area is 138 Å². The van der Waals surface area contributed by atoms with Crippen molar-refractivity contribution >= 4 is 11.8 Å². The van der Waals surface area contributed by atoms with Crippen molar-refractivity contribution in [2.75, 3.05) is 13.1 Å². The van der Waals surface area contributed by atoms with Crippen LogP contribution in [0.5, 0.6) is 0 Å². The summed E-state index contributed by atoms with van der Waals surface area (Å²) in [5.74, 6) is 0.724. The molecule has 0 spiro atoms. The van der Waals surface area contributed by atoms with E-state index in [0.29, 0.717) is 18.9 Å². The highest BCUT2D eigenvalue weighted by atomic mass is 16.2. The smallest absolute Gasteiger partial charge is 0.226 e. The summed E-state index contributed by atoms with van der Waals surface area (Å²) in [7, 11) is 0. The molecule has 1 aromatic carbocycles. The Kier molecular flexibility index (Phi) is 4.69. The first-order valence-electron chi connectivity index (χ1n) is 8.66. The van der Waals surface area contributed by atoms with Crippen LogP contribution < -0.4 is 5.32 Å². The van der Waals surface area contributed by atoms with E-state index < -0.39 is 0 Å². The molecule has 1 aliphatic carbocycles. The predicted molar refractivity (Wildman–Crippen MR) is 89.6 cm³/mol. The van der Waals surface area contributed by atoms with Gasteiger partial charge in [0.25, 0.3) is 0 Å². The van der Waals surface area contributed by atoms with Crippen LogP contribution in [0, 0.1) is 24.7 Å². The molecule has 23 heavy (non-hydrogen) atoms. The number of benzene rings is 1. The van der Waals surface area contributed by atoms with Gasteiger partial charge in [0.2, 0.25) is 11.8 Å². The molecule has 0 bridgehead atoms. The number of hydrogen-bond acceptors (Lipinski definition) is 2. The summed E-state index contributed by atoms with van der Waals surface area (Å²) < 4.78 is 0. The summed E-state index contributed by atoms with van der Waals surface area (Å²) >= 11 is 0. The number of piperidine rings is 1. The molecule has 2 atom stereocenters. The van der Waals surface area contributed by atoms with Gasteiger partial charge in [-0.05, 0) is 37.7 Å². The third-order valence-corrected chi connectivity index (χ3v) is 5.13. The first-order chi connectivity index (χ1) is 11.0. The molecule has 1 saturated carbocycles. The summed E-state index contributed by atoms with van der Waals surface area (Å²) in [6.07, 6.45) is 2.89. The lowest BCUT2D eigenvalue weighted by Gasteiger charge is -2.30. The first kappa shape index (κ1) is 16.0. The van der Waals surface area contributed by atoms with Crippen LogP contribution in [-0.2, 0) is 16.1 Å². The fraction of sp³-hybridized carbons (Fsp3) is 0.579. The van der Waals surface area contributed by atoms with Gasteiger partial charge < -0.3 is 10.2 Å². The maximum atomic E-state index is 12.4. The van der Waals surface area contributed by atoms with E-state index in [1.54, 1.807) is 0 Å². The van der Waals surface area contributed by atoms with E-state index in [4.69, 9.17) is 0 Å². The Balaban J connectivity index is 1.45. The van der Waals surface area contributed by atoms with E-state index in [-0.39, 0.29) is 23.7 Å². The SMILES string of the molecule is Cc1ccc(CNC(=O)C2CC2C(=O)N2CCC(C)CC2)cc1. The summed E-state index contributed by atoms with van der Waals surface area (Å²) in [4.78, 5) is 26.6. The number of nitrogens with one attached hydrogen (secondary N) is 1. The minimum Gasteiger partial charge on any atom is -0.352 e. The average Bonchev–Trinajstić information content (AvgIpc) is 3.35. The van der Waals surface area contributed by atoms with Gasteiger partial charge in [-0.15, -0.1) is 0 Å².